The van der Waals surface area contributed by atoms with E-state index in [0.717, 1.165) is 0 Å². The third-order valence-electron chi connectivity index (χ3n) is 4.96. The van der Waals surface area contributed by atoms with E-state index >= 15 is 0 Å². The highest BCUT2D eigenvalue weighted by molar-refractivity contribution is 7.91. The van der Waals surface area contributed by atoms with Gasteiger partial charge in [-0.15, -0.1) is 0 Å². The molecular weight excluding hydrogens is 454 g/mol. The number of aryl methyl sites for hydroxylation is 1. The third-order valence-corrected chi connectivity index (χ3v) is 8.72. The largest absolute Gasteiger partial charge is 0.486 e. The van der Waals surface area contributed by atoms with Crippen LogP contribution in [0.2, 0.25) is 5.02 Å². The van der Waals surface area contributed by atoms with E-state index in [4.69, 9.17) is 21.1 Å². The predicted octanol–water partition coefficient (Wildman–Crippen LogP) is 1.25. The molecule has 30 heavy (non-hydrogen) atoms. The SMILES string of the molecule is Cc1[nH]c(=O)sc1S(=O)(=O)N1CCN(C(=O)Cc2cc(Cl)c3c(c2)OCCO3)CC1. The molecule has 4 rings (SSSR count). The minimum Gasteiger partial charge on any atom is -0.486 e. The van der Waals surface area contributed by atoms with Gasteiger partial charge in [-0.05, 0) is 24.6 Å². The summed E-state index contributed by atoms with van der Waals surface area (Å²) in [6.45, 7) is 3.29. The first-order valence-corrected chi connectivity index (χ1v) is 11.9. The lowest BCUT2D eigenvalue weighted by Gasteiger charge is -2.34. The highest BCUT2D eigenvalue weighted by Crippen LogP contribution is 2.38. The number of rotatable bonds is 4. The second kappa shape index (κ2) is 8.22. The standard InChI is InChI=1S/C18H20ClN3O6S2/c1-11-17(29-18(24)20-11)30(25,26)22-4-2-21(3-5-22)15(23)10-12-8-13(19)16-14(9-12)27-6-7-28-16/h8-9H,2-7,10H2,1H3,(H,20,24). The number of nitrogens with one attached hydrogen (secondary N) is 1. The highest BCUT2D eigenvalue weighted by atomic mass is 35.5. The molecule has 1 aromatic carbocycles. The van der Waals surface area contributed by atoms with Crippen LogP contribution in [0.4, 0.5) is 0 Å². The maximum Gasteiger partial charge on any atom is 0.305 e. The van der Waals surface area contributed by atoms with Crippen LogP contribution >= 0.6 is 22.9 Å². The van der Waals surface area contributed by atoms with E-state index in [1.807, 2.05) is 0 Å². The fraction of sp³-hybridized carbons (Fsp3) is 0.444. The number of nitrogens with zero attached hydrogens (tertiary/aromatic N) is 2. The Morgan fingerprint density at radius 1 is 1.20 bits per heavy atom. The highest BCUT2D eigenvalue weighted by Gasteiger charge is 2.32. The number of H-pyrrole nitrogens is 1. The Labute approximate surface area is 182 Å². The Morgan fingerprint density at radius 3 is 2.57 bits per heavy atom. The average molecular weight is 474 g/mol. The van der Waals surface area contributed by atoms with Gasteiger partial charge < -0.3 is 19.4 Å². The van der Waals surface area contributed by atoms with E-state index in [1.54, 1.807) is 24.0 Å². The molecule has 0 unspecified atom stereocenters. The summed E-state index contributed by atoms with van der Waals surface area (Å²) in [5.74, 6) is 0.885. The number of thiazole rings is 1. The van der Waals surface area contributed by atoms with Crippen molar-refractivity contribution in [2.45, 2.75) is 17.6 Å². The number of carbonyl (C=O) groups is 1. The van der Waals surface area contributed by atoms with Gasteiger partial charge in [0.15, 0.2) is 15.7 Å². The molecule has 12 heteroatoms. The van der Waals surface area contributed by atoms with Gasteiger partial charge in [-0.2, -0.15) is 4.31 Å². The first-order valence-electron chi connectivity index (χ1n) is 9.31. The number of hydrogen-bond acceptors (Lipinski definition) is 7. The molecule has 1 aromatic heterocycles. The van der Waals surface area contributed by atoms with Crippen LogP contribution in [0.3, 0.4) is 0 Å². The quantitative estimate of drug-likeness (QED) is 0.715. The molecular formula is C18H20ClN3O6S2. The minimum atomic E-state index is -3.76. The maximum atomic E-state index is 12.8. The second-order valence-corrected chi connectivity index (χ2v) is 10.5. The zero-order chi connectivity index (χ0) is 21.5. The maximum absolute atomic E-state index is 12.8. The molecule has 3 heterocycles. The normalized spacial score (nSPS) is 17.2. The third kappa shape index (κ3) is 4.07. The van der Waals surface area contributed by atoms with Crippen LogP contribution < -0.4 is 14.3 Å². The molecule has 0 radical (unpaired) electrons. The van der Waals surface area contributed by atoms with E-state index in [1.165, 1.54) is 4.31 Å². The number of fused-ring (bicyclic) bond motifs is 1. The summed E-state index contributed by atoms with van der Waals surface area (Å²) in [6, 6.07) is 3.43. The van der Waals surface area contributed by atoms with Crippen molar-refractivity contribution in [3.8, 4) is 11.5 Å². The van der Waals surface area contributed by atoms with Crippen LogP contribution in [0.5, 0.6) is 11.5 Å². The van der Waals surface area contributed by atoms with Crippen molar-refractivity contribution < 1.29 is 22.7 Å². The number of amides is 1. The van der Waals surface area contributed by atoms with Gasteiger partial charge >= 0.3 is 4.87 Å². The number of hydrogen-bond donors (Lipinski definition) is 1. The number of ether oxygens (including phenoxy) is 2. The molecule has 1 saturated heterocycles. The Balaban J connectivity index is 1.41. The van der Waals surface area contributed by atoms with Crippen LogP contribution in [0.15, 0.2) is 21.1 Å². The lowest BCUT2D eigenvalue weighted by molar-refractivity contribution is -0.131. The van der Waals surface area contributed by atoms with E-state index in [9.17, 15) is 18.0 Å². The number of aromatic amines is 1. The number of halogens is 1. The topological polar surface area (TPSA) is 109 Å². The molecule has 9 nitrogen and oxygen atoms in total. The van der Waals surface area contributed by atoms with Gasteiger partial charge in [0.25, 0.3) is 10.0 Å². The van der Waals surface area contributed by atoms with Crippen molar-refractivity contribution in [3.63, 3.8) is 0 Å². The first kappa shape index (κ1) is 21.2. The summed E-state index contributed by atoms with van der Waals surface area (Å²) in [5.41, 5.74) is 1.04. The molecule has 1 fully saturated rings. The first-order chi connectivity index (χ1) is 14.3. The zero-order valence-electron chi connectivity index (χ0n) is 16.1. The molecule has 0 aliphatic carbocycles. The fourth-order valence-corrected chi connectivity index (χ4v) is 6.63. The average Bonchev–Trinajstić information content (AvgIpc) is 3.07. The molecule has 2 aromatic rings. The van der Waals surface area contributed by atoms with Gasteiger partial charge in [-0.25, -0.2) is 8.42 Å². The van der Waals surface area contributed by atoms with Crippen molar-refractivity contribution in [3.05, 3.63) is 38.1 Å². The Bertz CT molecular complexity index is 1140. The van der Waals surface area contributed by atoms with E-state index < -0.39 is 14.9 Å². The number of aromatic nitrogens is 1. The Hall–Kier alpha value is -2.08. The van der Waals surface area contributed by atoms with Crippen molar-refractivity contribution in [1.29, 1.82) is 0 Å². The Kier molecular flexibility index (Phi) is 5.80. The summed E-state index contributed by atoms with van der Waals surface area (Å²) in [4.78, 5) is 27.9. The van der Waals surface area contributed by atoms with Crippen molar-refractivity contribution in [2.24, 2.45) is 0 Å². The van der Waals surface area contributed by atoms with Crippen LogP contribution in [0, 0.1) is 6.92 Å². The van der Waals surface area contributed by atoms with Crippen LogP contribution in [-0.4, -0.2) is 67.9 Å². The smallest absolute Gasteiger partial charge is 0.305 e. The predicted molar refractivity (Wildman–Crippen MR) is 111 cm³/mol. The number of piperazine rings is 1. The monoisotopic (exact) mass is 473 g/mol. The lowest BCUT2D eigenvalue weighted by atomic mass is 10.1. The lowest BCUT2D eigenvalue weighted by Crippen LogP contribution is -2.50. The van der Waals surface area contributed by atoms with Gasteiger partial charge in [0, 0.05) is 31.9 Å². The van der Waals surface area contributed by atoms with Crippen molar-refractivity contribution >= 4 is 38.9 Å². The van der Waals surface area contributed by atoms with Crippen molar-refractivity contribution in [1.82, 2.24) is 14.2 Å². The molecule has 2 aliphatic rings. The van der Waals surface area contributed by atoms with Gasteiger partial charge in [0.1, 0.15) is 13.2 Å². The van der Waals surface area contributed by atoms with E-state index in [2.05, 4.69) is 4.98 Å². The molecule has 1 N–H and O–H groups in total. The fourth-order valence-electron chi connectivity index (χ4n) is 3.48. The van der Waals surface area contributed by atoms with Gasteiger partial charge in [-0.3, -0.25) is 9.59 Å². The zero-order valence-corrected chi connectivity index (χ0v) is 18.5. The molecule has 2 aliphatic heterocycles. The van der Waals surface area contributed by atoms with Crippen LogP contribution in [0.1, 0.15) is 11.3 Å². The van der Waals surface area contributed by atoms with Gasteiger partial charge in [0.05, 0.1) is 11.4 Å². The van der Waals surface area contributed by atoms with Gasteiger partial charge in [0.2, 0.25) is 5.91 Å². The number of carbonyl (C=O) groups excluding carboxylic acids is 1. The summed E-state index contributed by atoms with van der Waals surface area (Å²) in [5, 5.41) is 0.395. The molecule has 0 atom stereocenters. The molecule has 0 spiro atoms. The van der Waals surface area contributed by atoms with Crippen LogP contribution in [-0.2, 0) is 21.2 Å². The number of benzene rings is 1. The van der Waals surface area contributed by atoms with Crippen LogP contribution in [0.25, 0.3) is 0 Å². The summed E-state index contributed by atoms with van der Waals surface area (Å²) in [6.07, 6.45) is 0.127. The molecule has 0 saturated carbocycles. The molecule has 0 bridgehead atoms. The second-order valence-electron chi connectivity index (χ2n) is 6.99. The van der Waals surface area contributed by atoms with Gasteiger partial charge in [-0.1, -0.05) is 22.9 Å². The molecule has 1 amide bonds. The summed E-state index contributed by atoms with van der Waals surface area (Å²) >= 11 is 6.91. The number of sulfonamides is 1. The van der Waals surface area contributed by atoms with Crippen molar-refractivity contribution in [2.75, 3.05) is 39.4 Å². The summed E-state index contributed by atoms with van der Waals surface area (Å²) < 4.78 is 38.0. The summed E-state index contributed by atoms with van der Waals surface area (Å²) in [7, 11) is -3.76. The Morgan fingerprint density at radius 2 is 1.90 bits per heavy atom. The van der Waals surface area contributed by atoms with E-state index in [0.29, 0.717) is 52.3 Å². The van der Waals surface area contributed by atoms with E-state index in [-0.39, 0.29) is 42.7 Å². The molecule has 162 valence electrons. The minimum absolute atomic E-state index is 0.0261.